The van der Waals surface area contributed by atoms with E-state index in [-0.39, 0.29) is 24.9 Å². The molecule has 0 radical (unpaired) electrons. The van der Waals surface area contributed by atoms with Crippen LogP contribution in [0.2, 0.25) is 0 Å². The summed E-state index contributed by atoms with van der Waals surface area (Å²) in [4.78, 5) is 13.5. The number of amides is 1. The summed E-state index contributed by atoms with van der Waals surface area (Å²) < 4.78 is 39.6. The normalized spacial score (nSPS) is 22.3. The Labute approximate surface area is 131 Å². The molecule has 2 aromatic rings. The van der Waals surface area contributed by atoms with E-state index in [0.717, 1.165) is 15.7 Å². The fourth-order valence-corrected chi connectivity index (χ4v) is 3.05. The van der Waals surface area contributed by atoms with Crippen molar-refractivity contribution in [1.82, 2.24) is 4.90 Å². The van der Waals surface area contributed by atoms with Gasteiger partial charge in [-0.1, -0.05) is 30.3 Å². The Kier molecular flexibility index (Phi) is 4.02. The third kappa shape index (κ3) is 3.17. The van der Waals surface area contributed by atoms with Crippen molar-refractivity contribution in [3.05, 3.63) is 48.0 Å². The number of likely N-dealkylation sites (tertiary alicyclic amines) is 1. The van der Waals surface area contributed by atoms with E-state index in [1.54, 1.807) is 18.2 Å². The highest BCUT2D eigenvalue weighted by Gasteiger charge is 2.47. The van der Waals surface area contributed by atoms with E-state index in [0.29, 0.717) is 0 Å². The molecule has 1 aliphatic rings. The predicted octanol–water partition coefficient (Wildman–Crippen LogP) is 3.33. The van der Waals surface area contributed by atoms with Crippen molar-refractivity contribution in [2.45, 2.75) is 31.1 Å². The summed E-state index contributed by atoms with van der Waals surface area (Å²) in [7, 11) is 0. The van der Waals surface area contributed by atoms with Crippen molar-refractivity contribution in [1.29, 1.82) is 0 Å². The van der Waals surface area contributed by atoms with Crippen molar-refractivity contribution in [2.24, 2.45) is 5.73 Å². The maximum absolute atomic E-state index is 13.2. The zero-order valence-electron chi connectivity index (χ0n) is 12.4. The number of rotatable bonds is 1. The Morgan fingerprint density at radius 3 is 2.48 bits per heavy atom. The number of benzene rings is 2. The quantitative estimate of drug-likeness (QED) is 0.875. The summed E-state index contributed by atoms with van der Waals surface area (Å²) in [6.07, 6.45) is -4.32. The summed E-state index contributed by atoms with van der Waals surface area (Å²) in [6, 6.07) is 10.2. The number of carbonyl (C=O) groups excluding carboxylic acids is 1. The first kappa shape index (κ1) is 15.8. The van der Waals surface area contributed by atoms with Gasteiger partial charge >= 0.3 is 6.18 Å². The highest BCUT2D eigenvalue weighted by atomic mass is 19.4. The molecule has 3 rings (SSSR count). The largest absolute Gasteiger partial charge is 0.408 e. The van der Waals surface area contributed by atoms with Gasteiger partial charge in [-0.15, -0.1) is 0 Å². The SMILES string of the molecule is N[C@@H]1CC[C@@H](C(F)(F)F)N(C(=O)c2ccc3ccccc3c2)C1. The van der Waals surface area contributed by atoms with Gasteiger partial charge in [0.05, 0.1) is 0 Å². The number of alkyl halides is 3. The number of hydrogen-bond donors (Lipinski definition) is 1. The van der Waals surface area contributed by atoms with E-state index in [1.165, 1.54) is 0 Å². The first-order valence-electron chi connectivity index (χ1n) is 7.48. The van der Waals surface area contributed by atoms with Gasteiger partial charge in [-0.2, -0.15) is 13.2 Å². The van der Waals surface area contributed by atoms with Crippen LogP contribution in [-0.2, 0) is 0 Å². The number of hydrogen-bond acceptors (Lipinski definition) is 2. The number of nitrogens with two attached hydrogens (primary N) is 1. The van der Waals surface area contributed by atoms with Crippen LogP contribution in [0.5, 0.6) is 0 Å². The van der Waals surface area contributed by atoms with Gasteiger partial charge in [0.2, 0.25) is 0 Å². The van der Waals surface area contributed by atoms with Crippen molar-refractivity contribution >= 4 is 16.7 Å². The van der Waals surface area contributed by atoms with Gasteiger partial charge in [-0.3, -0.25) is 4.79 Å². The van der Waals surface area contributed by atoms with Crippen LogP contribution < -0.4 is 5.73 Å². The van der Waals surface area contributed by atoms with Crippen molar-refractivity contribution in [3.63, 3.8) is 0 Å². The average molecular weight is 322 g/mol. The Morgan fingerprint density at radius 1 is 1.09 bits per heavy atom. The van der Waals surface area contributed by atoms with Crippen LogP contribution in [0.25, 0.3) is 10.8 Å². The number of carbonyl (C=O) groups is 1. The van der Waals surface area contributed by atoms with E-state index in [1.807, 2.05) is 24.3 Å². The first-order chi connectivity index (χ1) is 10.9. The molecule has 0 spiro atoms. The molecule has 1 fully saturated rings. The van der Waals surface area contributed by atoms with Gasteiger partial charge in [-0.25, -0.2) is 0 Å². The lowest BCUT2D eigenvalue weighted by Crippen LogP contribution is -2.56. The molecule has 1 saturated heterocycles. The second kappa shape index (κ2) is 5.85. The van der Waals surface area contributed by atoms with E-state index >= 15 is 0 Å². The Balaban J connectivity index is 1.94. The molecule has 122 valence electrons. The highest BCUT2D eigenvalue weighted by Crippen LogP contribution is 2.32. The zero-order valence-corrected chi connectivity index (χ0v) is 12.4. The molecule has 0 saturated carbocycles. The van der Waals surface area contributed by atoms with Gasteiger partial charge in [0, 0.05) is 18.2 Å². The molecule has 1 amide bonds. The summed E-state index contributed by atoms with van der Waals surface area (Å²) in [5.74, 6) is -0.617. The average Bonchev–Trinajstić information content (AvgIpc) is 2.52. The third-order valence-corrected chi connectivity index (χ3v) is 4.25. The van der Waals surface area contributed by atoms with E-state index in [2.05, 4.69) is 0 Å². The monoisotopic (exact) mass is 322 g/mol. The summed E-state index contributed by atoms with van der Waals surface area (Å²) in [5, 5.41) is 1.76. The topological polar surface area (TPSA) is 46.3 Å². The van der Waals surface area contributed by atoms with E-state index < -0.39 is 24.2 Å². The molecule has 0 bridgehead atoms. The number of fused-ring (bicyclic) bond motifs is 1. The van der Waals surface area contributed by atoms with Crippen LogP contribution in [0.3, 0.4) is 0 Å². The molecule has 0 aromatic heterocycles. The zero-order chi connectivity index (χ0) is 16.6. The molecule has 6 heteroatoms. The molecular formula is C17H17F3N2O. The van der Waals surface area contributed by atoms with Crippen LogP contribution in [-0.4, -0.2) is 35.6 Å². The lowest BCUT2D eigenvalue weighted by atomic mass is 9.96. The van der Waals surface area contributed by atoms with Crippen LogP contribution in [0.4, 0.5) is 13.2 Å². The molecule has 0 aliphatic carbocycles. The molecule has 1 aliphatic heterocycles. The Bertz CT molecular complexity index is 729. The highest BCUT2D eigenvalue weighted by molar-refractivity contribution is 5.98. The second-order valence-corrected chi connectivity index (χ2v) is 5.91. The first-order valence-corrected chi connectivity index (χ1v) is 7.48. The van der Waals surface area contributed by atoms with E-state index in [9.17, 15) is 18.0 Å². The third-order valence-electron chi connectivity index (χ3n) is 4.25. The van der Waals surface area contributed by atoms with Crippen LogP contribution in [0.15, 0.2) is 42.5 Å². The molecular weight excluding hydrogens is 305 g/mol. The van der Waals surface area contributed by atoms with Crippen molar-refractivity contribution in [3.8, 4) is 0 Å². The molecule has 1 heterocycles. The smallest absolute Gasteiger partial charge is 0.326 e. The second-order valence-electron chi connectivity index (χ2n) is 5.91. The molecule has 23 heavy (non-hydrogen) atoms. The van der Waals surface area contributed by atoms with Crippen LogP contribution >= 0.6 is 0 Å². The molecule has 3 nitrogen and oxygen atoms in total. The van der Waals surface area contributed by atoms with Gasteiger partial charge in [0.25, 0.3) is 5.91 Å². The molecule has 2 atom stereocenters. The lowest BCUT2D eigenvalue weighted by Gasteiger charge is -2.39. The maximum Gasteiger partial charge on any atom is 0.408 e. The minimum atomic E-state index is -4.44. The van der Waals surface area contributed by atoms with Crippen LogP contribution in [0, 0.1) is 0 Å². The maximum atomic E-state index is 13.2. The molecule has 0 unspecified atom stereocenters. The Morgan fingerprint density at radius 2 is 1.78 bits per heavy atom. The van der Waals surface area contributed by atoms with Gasteiger partial charge in [-0.05, 0) is 35.7 Å². The van der Waals surface area contributed by atoms with Crippen molar-refractivity contribution < 1.29 is 18.0 Å². The summed E-state index contributed by atoms with van der Waals surface area (Å²) in [5.41, 5.74) is 6.03. The van der Waals surface area contributed by atoms with Crippen LogP contribution in [0.1, 0.15) is 23.2 Å². The van der Waals surface area contributed by atoms with E-state index in [4.69, 9.17) is 5.73 Å². The fourth-order valence-electron chi connectivity index (χ4n) is 3.05. The van der Waals surface area contributed by atoms with Gasteiger partial charge in [0.15, 0.2) is 0 Å². The Hall–Kier alpha value is -2.08. The minimum absolute atomic E-state index is 0.0736. The number of halogens is 3. The van der Waals surface area contributed by atoms with Crippen molar-refractivity contribution in [2.75, 3.05) is 6.54 Å². The number of nitrogens with zero attached hydrogens (tertiary/aromatic N) is 1. The lowest BCUT2D eigenvalue weighted by molar-refractivity contribution is -0.184. The van der Waals surface area contributed by atoms with Gasteiger partial charge < -0.3 is 10.6 Å². The molecule has 2 aromatic carbocycles. The predicted molar refractivity (Wildman–Crippen MR) is 82.0 cm³/mol. The summed E-state index contributed by atoms with van der Waals surface area (Å²) >= 11 is 0. The fraction of sp³-hybridized carbons (Fsp3) is 0.353. The van der Waals surface area contributed by atoms with Gasteiger partial charge in [0.1, 0.15) is 6.04 Å². The number of piperidine rings is 1. The standard InChI is InChI=1S/C17H17F3N2O/c18-17(19,20)15-8-7-14(21)10-22(15)16(23)13-6-5-11-3-1-2-4-12(11)9-13/h1-6,9,14-15H,7-8,10,21H2/t14-,15+/m1/s1. The summed E-state index contributed by atoms with van der Waals surface area (Å²) in [6.45, 7) is -0.0736. The minimum Gasteiger partial charge on any atom is -0.326 e. The molecule has 2 N–H and O–H groups in total.